The van der Waals surface area contributed by atoms with Crippen LogP contribution < -0.4 is 4.90 Å². The van der Waals surface area contributed by atoms with Crippen LogP contribution in [-0.2, 0) is 0 Å². The van der Waals surface area contributed by atoms with Gasteiger partial charge in [-0.2, -0.15) is 10.4 Å². The third-order valence-corrected chi connectivity index (χ3v) is 8.08. The van der Waals surface area contributed by atoms with Crippen molar-refractivity contribution < 1.29 is 5.11 Å². The number of fused-ring (bicyclic) bond motifs is 1. The highest BCUT2D eigenvalue weighted by Crippen LogP contribution is 2.33. The molecule has 4 atom stereocenters. The molecule has 8 nitrogen and oxygen atoms in total. The summed E-state index contributed by atoms with van der Waals surface area (Å²) in [6.07, 6.45) is 4.99. The minimum Gasteiger partial charge on any atom is -0.395 e. The van der Waals surface area contributed by atoms with Gasteiger partial charge in [0.05, 0.1) is 18.8 Å². The summed E-state index contributed by atoms with van der Waals surface area (Å²) >= 11 is 12.6. The number of rotatable bonds is 5. The van der Waals surface area contributed by atoms with Gasteiger partial charge < -0.3 is 10.0 Å². The van der Waals surface area contributed by atoms with E-state index in [1.54, 1.807) is 23.0 Å². The van der Waals surface area contributed by atoms with Crippen LogP contribution in [0.1, 0.15) is 50.4 Å². The zero-order valence-electron chi connectivity index (χ0n) is 20.3. The third-order valence-electron chi connectivity index (χ3n) is 7.52. The first-order valence-electron chi connectivity index (χ1n) is 12.1. The topological polar surface area (TPSA) is 94.1 Å². The summed E-state index contributed by atoms with van der Waals surface area (Å²) in [4.78, 5) is 14.3. The average molecular weight is 551 g/mol. The SMILES string of the molecule is C[C@@H]1CN(c2cnc3c(C#N)nn([C@H](C)c4ccc(Cl)cc4Cl)c3n2)CC[C@@H]1N1CCC[C@H]1CO.Cl. The van der Waals surface area contributed by atoms with Gasteiger partial charge in [-0.05, 0) is 56.3 Å². The summed E-state index contributed by atoms with van der Waals surface area (Å²) in [5.74, 6) is 1.21. The van der Waals surface area contributed by atoms with E-state index in [2.05, 4.69) is 32.9 Å². The molecule has 36 heavy (non-hydrogen) atoms. The summed E-state index contributed by atoms with van der Waals surface area (Å²) in [7, 11) is 0. The van der Waals surface area contributed by atoms with Gasteiger partial charge in [0.25, 0.3) is 0 Å². The van der Waals surface area contributed by atoms with E-state index in [9.17, 15) is 10.4 Å². The summed E-state index contributed by atoms with van der Waals surface area (Å²) < 4.78 is 1.73. The minimum absolute atomic E-state index is 0. The molecule has 0 unspecified atom stereocenters. The Morgan fingerprint density at radius 3 is 2.75 bits per heavy atom. The van der Waals surface area contributed by atoms with Gasteiger partial charge in [0.15, 0.2) is 11.3 Å². The molecule has 0 radical (unpaired) electrons. The van der Waals surface area contributed by atoms with Crippen LogP contribution in [0.15, 0.2) is 24.4 Å². The van der Waals surface area contributed by atoms with Crippen molar-refractivity contribution in [2.45, 2.75) is 51.2 Å². The lowest BCUT2D eigenvalue weighted by atomic mass is 9.92. The molecular weight excluding hydrogens is 521 g/mol. The Kier molecular flexibility index (Phi) is 8.28. The van der Waals surface area contributed by atoms with Crippen LogP contribution in [-0.4, -0.2) is 68.1 Å². The van der Waals surface area contributed by atoms with Crippen molar-refractivity contribution in [3.05, 3.63) is 45.7 Å². The summed E-state index contributed by atoms with van der Waals surface area (Å²) in [5, 5.41) is 25.0. The normalized spacial score (nSPS) is 23.4. The quantitative estimate of drug-likeness (QED) is 0.492. The minimum atomic E-state index is -0.260. The number of piperidine rings is 1. The maximum Gasteiger partial charge on any atom is 0.190 e. The molecule has 0 amide bonds. The lowest BCUT2D eigenvalue weighted by Crippen LogP contribution is -2.52. The van der Waals surface area contributed by atoms with Crippen molar-refractivity contribution in [3.8, 4) is 6.07 Å². The second-order valence-corrected chi connectivity index (χ2v) is 10.5. The number of nitrogens with zero attached hydrogens (tertiary/aromatic N) is 7. The van der Waals surface area contributed by atoms with Gasteiger partial charge in [-0.25, -0.2) is 14.6 Å². The van der Waals surface area contributed by atoms with Crippen LogP contribution in [0.25, 0.3) is 11.2 Å². The first-order chi connectivity index (χ1) is 16.9. The van der Waals surface area contributed by atoms with Crippen LogP contribution in [0.5, 0.6) is 0 Å². The first-order valence-corrected chi connectivity index (χ1v) is 12.9. The molecule has 3 aromatic rings. The van der Waals surface area contributed by atoms with E-state index < -0.39 is 0 Å². The molecule has 2 fully saturated rings. The zero-order valence-corrected chi connectivity index (χ0v) is 22.6. The Bertz CT molecular complexity index is 1280. The van der Waals surface area contributed by atoms with Crippen LogP contribution >= 0.6 is 35.6 Å². The van der Waals surface area contributed by atoms with E-state index in [0.29, 0.717) is 33.2 Å². The molecule has 2 aliphatic heterocycles. The van der Waals surface area contributed by atoms with Gasteiger partial charge in [0.1, 0.15) is 17.4 Å². The van der Waals surface area contributed by atoms with Crippen LogP contribution in [0, 0.1) is 17.2 Å². The number of aliphatic hydroxyl groups excluding tert-OH is 1. The Balaban J connectivity index is 0.00000304. The largest absolute Gasteiger partial charge is 0.395 e. The number of likely N-dealkylation sites (tertiary alicyclic amines) is 1. The number of hydrogen-bond acceptors (Lipinski definition) is 7. The number of aromatic nitrogens is 4. The second-order valence-electron chi connectivity index (χ2n) is 9.64. The highest BCUT2D eigenvalue weighted by atomic mass is 35.5. The van der Waals surface area contributed by atoms with Gasteiger partial charge >= 0.3 is 0 Å². The molecule has 11 heteroatoms. The molecule has 2 aliphatic rings. The number of nitriles is 1. The molecule has 0 spiro atoms. The number of halogens is 3. The standard InChI is InChI=1S/C25H29Cl2N7O.ClH/c1-15-13-32(9-7-22(15)33-8-3-4-18(33)14-35)23-12-29-24-21(11-28)31-34(25(24)30-23)16(2)19-6-5-17(26)10-20(19)27;/h5-6,10,12,15-16,18,22,35H,3-4,7-9,13-14H2,1-2H3;1H/t15-,16-,18+,22+;/m1./s1. The molecule has 5 rings (SSSR count). The Hall–Kier alpha value is -2.15. The highest BCUT2D eigenvalue weighted by Gasteiger charge is 2.36. The maximum absolute atomic E-state index is 9.77. The van der Waals surface area contributed by atoms with Gasteiger partial charge in [0, 0.05) is 35.2 Å². The first kappa shape index (κ1) is 26.9. The van der Waals surface area contributed by atoms with Crippen LogP contribution in [0.3, 0.4) is 0 Å². The zero-order chi connectivity index (χ0) is 24.7. The van der Waals surface area contributed by atoms with E-state index in [4.69, 9.17) is 28.2 Å². The molecule has 0 aliphatic carbocycles. The molecular formula is C25H30Cl3N7O. The predicted octanol–water partition coefficient (Wildman–Crippen LogP) is 4.71. The monoisotopic (exact) mass is 549 g/mol. The molecule has 2 saturated heterocycles. The summed E-state index contributed by atoms with van der Waals surface area (Å²) in [5.41, 5.74) is 2.13. The number of aliphatic hydroxyl groups is 1. The van der Waals surface area contributed by atoms with Crippen molar-refractivity contribution >= 4 is 52.6 Å². The summed E-state index contributed by atoms with van der Waals surface area (Å²) in [6, 6.07) is 8.00. The van der Waals surface area contributed by atoms with Crippen LogP contribution in [0.2, 0.25) is 10.0 Å². The lowest BCUT2D eigenvalue weighted by Gasteiger charge is -2.43. The molecule has 0 saturated carbocycles. The Morgan fingerprint density at radius 1 is 1.25 bits per heavy atom. The molecule has 192 valence electrons. The molecule has 1 aromatic carbocycles. The van der Waals surface area contributed by atoms with Crippen molar-refractivity contribution in [2.75, 3.05) is 31.1 Å². The predicted molar refractivity (Wildman–Crippen MR) is 144 cm³/mol. The average Bonchev–Trinajstić information content (AvgIpc) is 3.47. The molecule has 0 bridgehead atoms. The lowest BCUT2D eigenvalue weighted by molar-refractivity contribution is 0.0800. The van der Waals surface area contributed by atoms with Gasteiger partial charge in [-0.15, -0.1) is 12.4 Å². The second kappa shape index (κ2) is 11.1. The maximum atomic E-state index is 9.77. The fraction of sp³-hybridized carbons (Fsp3) is 0.520. The van der Waals surface area contributed by atoms with Gasteiger partial charge in [-0.1, -0.05) is 36.2 Å². The summed E-state index contributed by atoms with van der Waals surface area (Å²) in [6.45, 7) is 7.26. The van der Waals surface area contributed by atoms with Crippen molar-refractivity contribution in [1.82, 2.24) is 24.6 Å². The van der Waals surface area contributed by atoms with Crippen molar-refractivity contribution in [2.24, 2.45) is 5.92 Å². The fourth-order valence-corrected chi connectivity index (χ4v) is 6.26. The number of anilines is 1. The van der Waals surface area contributed by atoms with Crippen molar-refractivity contribution in [1.29, 1.82) is 5.26 Å². The van der Waals surface area contributed by atoms with E-state index in [-0.39, 0.29) is 36.8 Å². The Labute approximate surface area is 227 Å². The van der Waals surface area contributed by atoms with Gasteiger partial charge in [-0.3, -0.25) is 4.90 Å². The van der Waals surface area contributed by atoms with Gasteiger partial charge in [0.2, 0.25) is 0 Å². The third kappa shape index (κ3) is 4.88. The van der Waals surface area contributed by atoms with E-state index in [1.165, 1.54) is 0 Å². The van der Waals surface area contributed by atoms with Crippen LogP contribution in [0.4, 0.5) is 5.82 Å². The van der Waals surface area contributed by atoms with E-state index >= 15 is 0 Å². The van der Waals surface area contributed by atoms with E-state index in [0.717, 1.165) is 50.3 Å². The number of benzene rings is 1. The highest BCUT2D eigenvalue weighted by molar-refractivity contribution is 6.35. The molecule has 2 aromatic heterocycles. The van der Waals surface area contributed by atoms with Crippen molar-refractivity contribution in [3.63, 3.8) is 0 Å². The van der Waals surface area contributed by atoms with E-state index in [1.807, 2.05) is 13.0 Å². The molecule has 4 heterocycles. The Morgan fingerprint density at radius 2 is 2.06 bits per heavy atom. The number of hydrogen-bond donors (Lipinski definition) is 1. The molecule has 1 N–H and O–H groups in total. The smallest absolute Gasteiger partial charge is 0.190 e. The fourth-order valence-electron chi connectivity index (χ4n) is 5.69.